The average Bonchev–Trinajstić information content (AvgIpc) is 3.57. The van der Waals surface area contributed by atoms with Gasteiger partial charge < -0.3 is 14.3 Å². The van der Waals surface area contributed by atoms with Crippen LogP contribution in [0.15, 0.2) is 41.2 Å². The minimum atomic E-state index is -0.426. The lowest BCUT2D eigenvalue weighted by atomic mass is 10.0. The van der Waals surface area contributed by atoms with Gasteiger partial charge in [0.2, 0.25) is 0 Å². The van der Waals surface area contributed by atoms with Crippen molar-refractivity contribution in [3.8, 4) is 11.5 Å². The number of carbonyl (C=O) groups excluding carboxylic acids is 1. The van der Waals surface area contributed by atoms with E-state index >= 15 is 0 Å². The van der Waals surface area contributed by atoms with E-state index in [4.69, 9.17) is 9.40 Å². The molecule has 1 aliphatic rings. The van der Waals surface area contributed by atoms with Crippen molar-refractivity contribution >= 4 is 27.5 Å². The fourth-order valence-corrected chi connectivity index (χ4v) is 5.19. The highest BCUT2D eigenvalue weighted by Crippen LogP contribution is 2.38. The summed E-state index contributed by atoms with van der Waals surface area (Å²) >= 11 is 1.56. The zero-order chi connectivity index (χ0) is 21.8. The van der Waals surface area contributed by atoms with Crippen molar-refractivity contribution < 1.29 is 9.21 Å². The third-order valence-corrected chi connectivity index (χ3v) is 6.67. The summed E-state index contributed by atoms with van der Waals surface area (Å²) in [7, 11) is 1.82. The second-order valence-corrected chi connectivity index (χ2v) is 8.71. The molecule has 6 rings (SSSR count). The fraction of sp³-hybridized carbons (Fsp3) is 0.238. The summed E-state index contributed by atoms with van der Waals surface area (Å²) in [5.41, 5.74) is 4.16. The summed E-state index contributed by atoms with van der Waals surface area (Å²) < 4.78 is 8.51. The number of fused-ring (bicyclic) bond motifs is 2. The lowest BCUT2D eigenvalue weighted by molar-refractivity contribution is 0.0650. The van der Waals surface area contributed by atoms with Gasteiger partial charge in [0.25, 0.3) is 5.89 Å². The highest BCUT2D eigenvalue weighted by atomic mass is 32.1. The number of hydrogen-bond acceptors (Lipinski definition) is 8. The van der Waals surface area contributed by atoms with Crippen LogP contribution < -0.4 is 0 Å². The number of H-pyrrole nitrogens is 1. The second-order valence-electron chi connectivity index (χ2n) is 7.65. The molecule has 0 radical (unpaired) electrons. The van der Waals surface area contributed by atoms with Crippen LogP contribution in [0.1, 0.15) is 38.8 Å². The molecule has 11 heteroatoms. The van der Waals surface area contributed by atoms with E-state index in [-0.39, 0.29) is 17.7 Å². The van der Waals surface area contributed by atoms with E-state index in [1.165, 1.54) is 0 Å². The number of rotatable bonds is 3. The van der Waals surface area contributed by atoms with E-state index in [1.807, 2.05) is 38.2 Å². The van der Waals surface area contributed by atoms with Gasteiger partial charge in [-0.05, 0) is 19.1 Å². The first kappa shape index (κ1) is 18.9. The molecular formula is C21H18N8O2S. The van der Waals surface area contributed by atoms with E-state index in [0.29, 0.717) is 18.5 Å². The van der Waals surface area contributed by atoms with Gasteiger partial charge in [-0.3, -0.25) is 9.48 Å². The maximum Gasteiger partial charge on any atom is 0.312 e. The van der Waals surface area contributed by atoms with Gasteiger partial charge in [-0.25, -0.2) is 9.97 Å². The molecule has 1 atom stereocenters. The van der Waals surface area contributed by atoms with Crippen LogP contribution in [-0.2, 0) is 13.5 Å². The molecule has 10 nitrogen and oxygen atoms in total. The highest BCUT2D eigenvalue weighted by Gasteiger charge is 2.38. The van der Waals surface area contributed by atoms with Crippen molar-refractivity contribution in [2.75, 3.05) is 6.54 Å². The molecule has 0 fully saturated rings. The molecule has 5 heterocycles. The van der Waals surface area contributed by atoms with Crippen LogP contribution in [0.3, 0.4) is 0 Å². The summed E-state index contributed by atoms with van der Waals surface area (Å²) in [6.07, 6.45) is 4.11. The van der Waals surface area contributed by atoms with Crippen LogP contribution >= 0.6 is 11.3 Å². The van der Waals surface area contributed by atoms with Gasteiger partial charge in [0, 0.05) is 31.9 Å². The molecular weight excluding hydrogens is 428 g/mol. The summed E-state index contributed by atoms with van der Waals surface area (Å²) in [5, 5.41) is 13.2. The number of nitrogens with zero attached hydrogens (tertiary/aromatic N) is 7. The molecule has 1 aliphatic heterocycles. The van der Waals surface area contributed by atoms with Gasteiger partial charge in [0.05, 0.1) is 33.5 Å². The zero-order valence-corrected chi connectivity index (χ0v) is 18.1. The first-order valence-corrected chi connectivity index (χ1v) is 10.9. The molecule has 5 aromatic rings. The van der Waals surface area contributed by atoms with Crippen LogP contribution in [0.25, 0.3) is 21.7 Å². The number of aromatic amines is 1. The monoisotopic (exact) mass is 446 g/mol. The SMILES string of the molecule is Cc1nn(C)cc1-c1nnc(C(=O)N2CCc3[nH]cnc3[C@H]2c2nc3ccccc3s2)o1. The average molecular weight is 446 g/mol. The van der Waals surface area contributed by atoms with Crippen LogP contribution in [0.5, 0.6) is 0 Å². The van der Waals surface area contributed by atoms with Crippen LogP contribution in [0, 0.1) is 6.92 Å². The lowest BCUT2D eigenvalue weighted by Gasteiger charge is -2.32. The predicted molar refractivity (Wildman–Crippen MR) is 116 cm³/mol. The molecule has 0 spiro atoms. The van der Waals surface area contributed by atoms with Crippen molar-refractivity contribution in [2.45, 2.75) is 19.4 Å². The van der Waals surface area contributed by atoms with Crippen molar-refractivity contribution in [3.63, 3.8) is 0 Å². The van der Waals surface area contributed by atoms with Crippen molar-refractivity contribution in [2.24, 2.45) is 7.05 Å². The zero-order valence-electron chi connectivity index (χ0n) is 17.3. The van der Waals surface area contributed by atoms with Gasteiger partial charge in [-0.15, -0.1) is 21.5 Å². The lowest BCUT2D eigenvalue weighted by Crippen LogP contribution is -2.40. The maximum atomic E-state index is 13.5. The Balaban J connectivity index is 1.40. The molecule has 1 aromatic carbocycles. The minimum Gasteiger partial charge on any atom is -0.412 e. The molecule has 4 aromatic heterocycles. The molecule has 1 N–H and O–H groups in total. The quantitative estimate of drug-likeness (QED) is 0.453. The standard InChI is InChI=1S/C21H18N8O2S/c1-11-12(9-28(2)27-11)18-25-26-19(31-18)21(30)29-8-7-14-16(23-10-22-14)17(29)20-24-13-5-3-4-6-15(13)32-20/h3-6,9-10,17H,7-8H2,1-2H3,(H,22,23)/t17-/m0/s1. The third-order valence-electron chi connectivity index (χ3n) is 5.58. The molecule has 0 saturated heterocycles. The number of benzene rings is 1. The normalized spacial score (nSPS) is 15.9. The largest absolute Gasteiger partial charge is 0.412 e. The minimum absolute atomic E-state index is 0.0617. The van der Waals surface area contributed by atoms with Gasteiger partial charge in [-0.1, -0.05) is 12.1 Å². The van der Waals surface area contributed by atoms with Crippen molar-refractivity contribution in [1.29, 1.82) is 0 Å². The Morgan fingerprint density at radius 2 is 2.16 bits per heavy atom. The molecule has 0 unspecified atom stereocenters. The molecule has 1 amide bonds. The first-order chi connectivity index (χ1) is 15.6. The number of amides is 1. The Morgan fingerprint density at radius 1 is 1.28 bits per heavy atom. The summed E-state index contributed by atoms with van der Waals surface area (Å²) in [5.74, 6) is -0.135. The van der Waals surface area contributed by atoms with Gasteiger partial charge in [0.15, 0.2) is 0 Å². The number of aryl methyl sites for hydroxylation is 2. The molecule has 160 valence electrons. The molecule has 32 heavy (non-hydrogen) atoms. The maximum absolute atomic E-state index is 13.5. The van der Waals surface area contributed by atoms with Crippen LogP contribution in [-0.4, -0.2) is 52.3 Å². The van der Waals surface area contributed by atoms with E-state index in [0.717, 1.165) is 32.3 Å². The number of thiazole rings is 1. The fourth-order valence-electron chi connectivity index (χ4n) is 4.10. The van der Waals surface area contributed by atoms with E-state index in [1.54, 1.807) is 33.4 Å². The number of carbonyl (C=O) groups is 1. The molecule has 0 bridgehead atoms. The Bertz CT molecular complexity index is 1430. The Morgan fingerprint density at radius 3 is 2.97 bits per heavy atom. The van der Waals surface area contributed by atoms with Crippen molar-refractivity contribution in [1.82, 2.24) is 39.8 Å². The van der Waals surface area contributed by atoms with Crippen LogP contribution in [0.2, 0.25) is 0 Å². The summed E-state index contributed by atoms with van der Waals surface area (Å²) in [4.78, 5) is 27.7. The highest BCUT2D eigenvalue weighted by molar-refractivity contribution is 7.18. The van der Waals surface area contributed by atoms with E-state index < -0.39 is 6.04 Å². The Hall–Kier alpha value is -3.86. The van der Waals surface area contributed by atoms with Gasteiger partial charge in [0.1, 0.15) is 11.0 Å². The third kappa shape index (κ3) is 2.93. The number of nitrogens with one attached hydrogen (secondary N) is 1. The van der Waals surface area contributed by atoms with E-state index in [2.05, 4.69) is 25.3 Å². The summed E-state index contributed by atoms with van der Waals surface area (Å²) in [6, 6.07) is 7.50. The Labute approximate surface area is 185 Å². The number of hydrogen-bond donors (Lipinski definition) is 1. The summed E-state index contributed by atoms with van der Waals surface area (Å²) in [6.45, 7) is 2.34. The number of aromatic nitrogens is 7. The van der Waals surface area contributed by atoms with Gasteiger partial charge in [-0.2, -0.15) is 5.10 Å². The van der Waals surface area contributed by atoms with Crippen molar-refractivity contribution in [3.05, 3.63) is 64.8 Å². The van der Waals surface area contributed by atoms with Gasteiger partial charge >= 0.3 is 11.8 Å². The second kappa shape index (κ2) is 7.09. The van der Waals surface area contributed by atoms with E-state index in [9.17, 15) is 4.79 Å². The molecule has 0 saturated carbocycles. The number of para-hydroxylation sites is 1. The van der Waals surface area contributed by atoms with Crippen LogP contribution in [0.4, 0.5) is 0 Å². The Kier molecular flexibility index (Phi) is 4.18. The first-order valence-electron chi connectivity index (χ1n) is 10.1. The topological polar surface area (TPSA) is 119 Å². The number of imidazole rings is 1. The smallest absolute Gasteiger partial charge is 0.312 e. The predicted octanol–water partition coefficient (Wildman–Crippen LogP) is 2.90. The molecule has 0 aliphatic carbocycles.